The Kier molecular flexibility index (Phi) is 4.78. The third-order valence-corrected chi connectivity index (χ3v) is 6.20. The van der Waals surface area contributed by atoms with Gasteiger partial charge in [0.1, 0.15) is 22.3 Å². The average molecular weight is 389 g/mol. The monoisotopic (exact) mass is 388 g/mol. The molecule has 0 N–H and O–H groups in total. The van der Waals surface area contributed by atoms with Crippen molar-refractivity contribution in [2.75, 3.05) is 7.05 Å². The lowest BCUT2D eigenvalue weighted by Crippen LogP contribution is -2.27. The second kappa shape index (κ2) is 6.23. The maximum Gasteiger partial charge on any atom is 0.244 e. The molecule has 0 unspecified atom stereocenters. The third kappa shape index (κ3) is 3.32. The van der Waals surface area contributed by atoms with Gasteiger partial charge < -0.3 is 0 Å². The largest absolute Gasteiger partial charge is 0.244 e. The zero-order valence-electron chi connectivity index (χ0n) is 10.9. The first kappa shape index (κ1) is 16.1. The number of halogens is 2. The average Bonchev–Trinajstić information content (AvgIpc) is 2.83. The Bertz CT molecular complexity index is 812. The van der Waals surface area contributed by atoms with Crippen LogP contribution in [-0.2, 0) is 16.6 Å². The van der Waals surface area contributed by atoms with Crippen molar-refractivity contribution in [1.82, 2.24) is 4.31 Å². The van der Waals surface area contributed by atoms with Gasteiger partial charge in [0.25, 0.3) is 0 Å². The number of sulfonamides is 1. The van der Waals surface area contributed by atoms with Gasteiger partial charge >= 0.3 is 0 Å². The van der Waals surface area contributed by atoms with E-state index in [1.54, 1.807) is 6.07 Å². The van der Waals surface area contributed by atoms with Gasteiger partial charge in [-0.3, -0.25) is 0 Å². The lowest BCUT2D eigenvalue weighted by molar-refractivity contribution is 0.466. The van der Waals surface area contributed by atoms with E-state index in [9.17, 15) is 12.8 Å². The smallest absolute Gasteiger partial charge is 0.207 e. The summed E-state index contributed by atoms with van der Waals surface area (Å²) in [6.07, 6.45) is 0. The van der Waals surface area contributed by atoms with E-state index in [-0.39, 0.29) is 11.4 Å². The van der Waals surface area contributed by atoms with E-state index in [1.165, 1.54) is 30.5 Å². The minimum absolute atomic E-state index is 0.145. The van der Waals surface area contributed by atoms with Crippen LogP contribution in [0.15, 0.2) is 38.3 Å². The summed E-state index contributed by atoms with van der Waals surface area (Å²) in [5, 5.41) is 10.8. The van der Waals surface area contributed by atoms with Crippen molar-refractivity contribution in [3.05, 3.63) is 50.4 Å². The highest BCUT2D eigenvalue weighted by molar-refractivity contribution is 9.11. The molecule has 0 aliphatic carbocycles. The molecule has 1 aromatic carbocycles. The third-order valence-electron chi connectivity index (χ3n) is 2.80. The quantitative estimate of drug-likeness (QED) is 0.806. The summed E-state index contributed by atoms with van der Waals surface area (Å²) >= 11 is 4.75. The van der Waals surface area contributed by atoms with E-state index in [2.05, 4.69) is 15.9 Å². The van der Waals surface area contributed by atoms with Crippen LogP contribution in [-0.4, -0.2) is 19.8 Å². The van der Waals surface area contributed by atoms with E-state index in [1.807, 2.05) is 11.4 Å². The Balaban J connectivity index is 2.38. The molecule has 1 heterocycles. The molecular formula is C13H10BrFN2O2S2. The lowest BCUT2D eigenvalue weighted by Gasteiger charge is -2.17. The van der Waals surface area contributed by atoms with Crippen LogP contribution in [0.5, 0.6) is 0 Å². The summed E-state index contributed by atoms with van der Waals surface area (Å²) < 4.78 is 40.5. The Labute approximate surface area is 134 Å². The van der Waals surface area contributed by atoms with Crippen LogP contribution in [0.1, 0.15) is 11.1 Å². The van der Waals surface area contributed by atoms with Gasteiger partial charge in [0.05, 0.1) is 3.79 Å². The fraction of sp³-hybridized carbons (Fsp3) is 0.154. The van der Waals surface area contributed by atoms with Gasteiger partial charge in [-0.05, 0) is 45.1 Å². The molecule has 0 amide bonds. The molecule has 1 aromatic heterocycles. The second-order valence-corrected chi connectivity index (χ2v) is 8.55. The molecule has 4 nitrogen and oxygen atoms in total. The molecule has 110 valence electrons. The highest BCUT2D eigenvalue weighted by Gasteiger charge is 2.26. The second-order valence-electron chi connectivity index (χ2n) is 4.24. The van der Waals surface area contributed by atoms with Gasteiger partial charge in [-0.2, -0.15) is 9.57 Å². The van der Waals surface area contributed by atoms with Crippen LogP contribution in [0, 0.1) is 17.1 Å². The fourth-order valence-electron chi connectivity index (χ4n) is 1.77. The number of hydrogen-bond acceptors (Lipinski definition) is 4. The van der Waals surface area contributed by atoms with Crippen molar-refractivity contribution < 1.29 is 12.8 Å². The van der Waals surface area contributed by atoms with E-state index in [0.29, 0.717) is 0 Å². The molecule has 0 aliphatic heterocycles. The van der Waals surface area contributed by atoms with Crippen molar-refractivity contribution in [3.8, 4) is 6.07 Å². The van der Waals surface area contributed by atoms with E-state index in [0.717, 1.165) is 19.7 Å². The Morgan fingerprint density at radius 1 is 1.48 bits per heavy atom. The number of hydrogen-bond donors (Lipinski definition) is 0. The maximum absolute atomic E-state index is 13.6. The molecule has 0 saturated carbocycles. The number of rotatable bonds is 4. The SMILES string of the molecule is CN(Cc1csc(Br)c1)S(=O)(=O)c1cccc(F)c1C#N. The number of benzene rings is 1. The van der Waals surface area contributed by atoms with Gasteiger partial charge in [-0.1, -0.05) is 6.07 Å². The normalized spacial score (nSPS) is 11.6. The van der Waals surface area contributed by atoms with Gasteiger partial charge in [0.2, 0.25) is 10.0 Å². The van der Waals surface area contributed by atoms with Crippen molar-refractivity contribution >= 4 is 37.3 Å². The first-order chi connectivity index (χ1) is 9.86. The van der Waals surface area contributed by atoms with Crippen molar-refractivity contribution in [1.29, 1.82) is 5.26 Å². The summed E-state index contributed by atoms with van der Waals surface area (Å²) in [5.74, 6) is -0.842. The summed E-state index contributed by atoms with van der Waals surface area (Å²) in [4.78, 5) is -0.318. The molecular weight excluding hydrogens is 379 g/mol. The van der Waals surface area contributed by atoms with Crippen LogP contribution in [0.2, 0.25) is 0 Å². The molecule has 0 atom stereocenters. The molecule has 8 heteroatoms. The Hall–Kier alpha value is -1.27. The zero-order chi connectivity index (χ0) is 15.6. The van der Waals surface area contributed by atoms with Crippen LogP contribution in [0.3, 0.4) is 0 Å². The molecule has 2 aromatic rings. The van der Waals surface area contributed by atoms with E-state index < -0.39 is 21.4 Å². The summed E-state index contributed by atoms with van der Waals surface area (Å²) in [6, 6.07) is 6.99. The predicted molar refractivity (Wildman–Crippen MR) is 81.8 cm³/mol. The van der Waals surface area contributed by atoms with Crippen LogP contribution in [0.25, 0.3) is 0 Å². The zero-order valence-corrected chi connectivity index (χ0v) is 14.1. The molecule has 2 rings (SSSR count). The molecule has 21 heavy (non-hydrogen) atoms. The molecule has 0 spiro atoms. The van der Waals surface area contributed by atoms with Gasteiger partial charge in [-0.25, -0.2) is 12.8 Å². The Morgan fingerprint density at radius 2 is 2.19 bits per heavy atom. The summed E-state index contributed by atoms with van der Waals surface area (Å²) in [5.41, 5.74) is 0.351. The number of nitrogens with zero attached hydrogens (tertiary/aromatic N) is 2. The Morgan fingerprint density at radius 3 is 2.76 bits per heavy atom. The highest BCUT2D eigenvalue weighted by Crippen LogP contribution is 2.25. The summed E-state index contributed by atoms with van der Waals surface area (Å²) in [7, 11) is -2.54. The van der Waals surface area contributed by atoms with Crippen LogP contribution < -0.4 is 0 Å². The number of nitriles is 1. The van der Waals surface area contributed by atoms with Crippen LogP contribution in [0.4, 0.5) is 4.39 Å². The molecule has 0 aliphatic rings. The first-order valence-electron chi connectivity index (χ1n) is 5.74. The van der Waals surface area contributed by atoms with Crippen molar-refractivity contribution in [3.63, 3.8) is 0 Å². The molecule has 0 bridgehead atoms. The van der Waals surface area contributed by atoms with Crippen molar-refractivity contribution in [2.24, 2.45) is 0 Å². The van der Waals surface area contributed by atoms with Gasteiger partial charge in [0.15, 0.2) is 0 Å². The van der Waals surface area contributed by atoms with Gasteiger partial charge in [0, 0.05) is 13.6 Å². The molecule has 0 fully saturated rings. The maximum atomic E-state index is 13.6. The minimum Gasteiger partial charge on any atom is -0.207 e. The topological polar surface area (TPSA) is 61.2 Å². The van der Waals surface area contributed by atoms with E-state index >= 15 is 0 Å². The predicted octanol–water partition coefficient (Wildman–Crippen LogP) is 3.34. The summed E-state index contributed by atoms with van der Waals surface area (Å²) in [6.45, 7) is 0.145. The number of thiophene rings is 1. The fourth-order valence-corrected chi connectivity index (χ4v) is 4.27. The molecule has 0 radical (unpaired) electrons. The minimum atomic E-state index is -3.93. The lowest BCUT2D eigenvalue weighted by atomic mass is 10.2. The standard InChI is InChI=1S/C13H10BrFN2O2S2/c1-17(7-9-5-13(14)20-8-9)21(18,19)12-4-2-3-11(15)10(12)6-16/h2-5,8H,7H2,1H3. The van der Waals surface area contributed by atoms with E-state index in [4.69, 9.17) is 5.26 Å². The van der Waals surface area contributed by atoms with Crippen LogP contribution >= 0.6 is 27.3 Å². The highest BCUT2D eigenvalue weighted by atomic mass is 79.9. The molecule has 0 saturated heterocycles. The van der Waals surface area contributed by atoms with Gasteiger partial charge in [-0.15, -0.1) is 11.3 Å². The first-order valence-corrected chi connectivity index (χ1v) is 8.85. The van der Waals surface area contributed by atoms with Crippen molar-refractivity contribution in [2.45, 2.75) is 11.4 Å².